The fourth-order valence-electron chi connectivity index (χ4n) is 3.13. The predicted molar refractivity (Wildman–Crippen MR) is 86.0 cm³/mol. The van der Waals surface area contributed by atoms with Gasteiger partial charge in [0.1, 0.15) is 5.78 Å². The van der Waals surface area contributed by atoms with Gasteiger partial charge in [0, 0.05) is 23.4 Å². The van der Waals surface area contributed by atoms with Gasteiger partial charge in [-0.3, -0.25) is 14.6 Å². The van der Waals surface area contributed by atoms with E-state index in [2.05, 4.69) is 10.3 Å². The minimum absolute atomic E-state index is 0.00652. The minimum Gasteiger partial charge on any atom is -0.350 e. The van der Waals surface area contributed by atoms with E-state index in [0.717, 1.165) is 31.4 Å². The SMILES string of the molecule is CC(C)(C)C(=O)[C@H]1CCCC[C@H]1C(=O)NCc1ccccn1. The van der Waals surface area contributed by atoms with Crippen molar-refractivity contribution in [1.82, 2.24) is 10.3 Å². The van der Waals surface area contributed by atoms with E-state index in [4.69, 9.17) is 0 Å². The number of pyridine rings is 1. The minimum atomic E-state index is -0.387. The highest BCUT2D eigenvalue weighted by Crippen LogP contribution is 2.35. The molecule has 1 heterocycles. The molecule has 0 radical (unpaired) electrons. The Balaban J connectivity index is 2.01. The summed E-state index contributed by atoms with van der Waals surface area (Å²) in [6.07, 6.45) is 5.42. The summed E-state index contributed by atoms with van der Waals surface area (Å²) in [5, 5.41) is 2.95. The molecule has 2 atom stereocenters. The number of carbonyl (C=O) groups is 2. The average molecular weight is 302 g/mol. The summed E-state index contributed by atoms with van der Waals surface area (Å²) in [5.74, 6) is -0.125. The number of hydrogen-bond acceptors (Lipinski definition) is 3. The van der Waals surface area contributed by atoms with Crippen molar-refractivity contribution in [3.05, 3.63) is 30.1 Å². The topological polar surface area (TPSA) is 59.1 Å². The van der Waals surface area contributed by atoms with Crippen LogP contribution in [0.1, 0.15) is 52.1 Å². The van der Waals surface area contributed by atoms with Gasteiger partial charge in [-0.05, 0) is 25.0 Å². The number of ketones is 1. The molecule has 1 saturated carbocycles. The summed E-state index contributed by atoms with van der Waals surface area (Å²) in [5.41, 5.74) is 0.451. The smallest absolute Gasteiger partial charge is 0.224 e. The van der Waals surface area contributed by atoms with E-state index in [1.165, 1.54) is 0 Å². The lowest BCUT2D eigenvalue weighted by molar-refractivity contribution is -0.139. The van der Waals surface area contributed by atoms with Crippen LogP contribution < -0.4 is 5.32 Å². The number of nitrogens with one attached hydrogen (secondary N) is 1. The predicted octanol–water partition coefficient (Wildman–Crippen LogP) is 3.12. The van der Waals surface area contributed by atoms with E-state index in [1.54, 1.807) is 6.20 Å². The number of hydrogen-bond donors (Lipinski definition) is 1. The first-order valence-corrected chi connectivity index (χ1v) is 8.11. The number of Topliss-reactive ketones (excluding diaryl/α,β-unsaturated/α-hetero) is 1. The molecule has 1 fully saturated rings. The van der Waals surface area contributed by atoms with Crippen molar-refractivity contribution in [1.29, 1.82) is 0 Å². The molecular weight excluding hydrogens is 276 g/mol. The Morgan fingerprint density at radius 2 is 1.86 bits per heavy atom. The Bertz CT molecular complexity index is 520. The van der Waals surface area contributed by atoms with E-state index in [1.807, 2.05) is 39.0 Å². The van der Waals surface area contributed by atoms with Crippen LogP contribution in [-0.2, 0) is 16.1 Å². The van der Waals surface area contributed by atoms with Gasteiger partial charge >= 0.3 is 0 Å². The van der Waals surface area contributed by atoms with Crippen LogP contribution in [0.4, 0.5) is 0 Å². The van der Waals surface area contributed by atoms with Crippen molar-refractivity contribution in [2.24, 2.45) is 17.3 Å². The number of carbonyl (C=O) groups excluding carboxylic acids is 2. The summed E-state index contributed by atoms with van der Waals surface area (Å²) in [6, 6.07) is 5.64. The lowest BCUT2D eigenvalue weighted by atomic mass is 9.70. The van der Waals surface area contributed by atoms with Crippen LogP contribution in [-0.4, -0.2) is 16.7 Å². The second kappa shape index (κ2) is 7.03. The molecular formula is C18H26N2O2. The molecule has 22 heavy (non-hydrogen) atoms. The zero-order valence-corrected chi connectivity index (χ0v) is 13.8. The van der Waals surface area contributed by atoms with Gasteiger partial charge in [0.2, 0.25) is 5.91 Å². The van der Waals surface area contributed by atoms with Gasteiger partial charge in [-0.2, -0.15) is 0 Å². The van der Waals surface area contributed by atoms with Gasteiger partial charge in [-0.1, -0.05) is 39.7 Å². The Morgan fingerprint density at radius 1 is 1.18 bits per heavy atom. The second-order valence-corrected chi connectivity index (χ2v) is 7.15. The molecule has 1 aliphatic carbocycles. The van der Waals surface area contributed by atoms with Crippen LogP contribution in [0, 0.1) is 17.3 Å². The summed E-state index contributed by atoms with van der Waals surface area (Å²) in [7, 11) is 0. The Hall–Kier alpha value is -1.71. The van der Waals surface area contributed by atoms with E-state index in [0.29, 0.717) is 6.54 Å². The first kappa shape index (κ1) is 16.7. The summed E-state index contributed by atoms with van der Waals surface area (Å²) < 4.78 is 0. The summed E-state index contributed by atoms with van der Waals surface area (Å²) in [4.78, 5) is 29.3. The van der Waals surface area contributed by atoms with Crippen molar-refractivity contribution in [2.75, 3.05) is 0 Å². The lowest BCUT2D eigenvalue weighted by Gasteiger charge is -2.33. The van der Waals surface area contributed by atoms with E-state index in [-0.39, 0.29) is 28.9 Å². The maximum Gasteiger partial charge on any atom is 0.224 e. The molecule has 0 bridgehead atoms. The first-order valence-electron chi connectivity index (χ1n) is 8.11. The third-order valence-corrected chi connectivity index (χ3v) is 4.35. The number of rotatable bonds is 4. The molecule has 0 aliphatic heterocycles. The lowest BCUT2D eigenvalue weighted by Crippen LogP contribution is -2.42. The van der Waals surface area contributed by atoms with Gasteiger partial charge in [0.15, 0.2) is 0 Å². The molecule has 2 rings (SSSR count). The Kier molecular flexibility index (Phi) is 5.33. The fraction of sp³-hybridized carbons (Fsp3) is 0.611. The Morgan fingerprint density at radius 3 is 2.45 bits per heavy atom. The quantitative estimate of drug-likeness (QED) is 0.929. The normalized spacial score (nSPS) is 22.1. The van der Waals surface area contributed by atoms with Gasteiger partial charge in [-0.15, -0.1) is 0 Å². The highest BCUT2D eigenvalue weighted by atomic mass is 16.2. The summed E-state index contributed by atoms with van der Waals surface area (Å²) in [6.45, 7) is 6.24. The van der Waals surface area contributed by atoms with Crippen LogP contribution in [0.2, 0.25) is 0 Å². The van der Waals surface area contributed by atoms with Gasteiger partial charge in [-0.25, -0.2) is 0 Å². The Labute approximate surface area is 132 Å². The fourth-order valence-corrected chi connectivity index (χ4v) is 3.13. The van der Waals surface area contributed by atoms with E-state index >= 15 is 0 Å². The molecule has 1 aromatic heterocycles. The van der Waals surface area contributed by atoms with Crippen LogP contribution in [0.25, 0.3) is 0 Å². The molecule has 4 nitrogen and oxygen atoms in total. The van der Waals surface area contributed by atoms with Crippen LogP contribution in [0.15, 0.2) is 24.4 Å². The standard InChI is InChI=1S/C18H26N2O2/c1-18(2,3)16(21)14-9-4-5-10-15(14)17(22)20-12-13-8-6-7-11-19-13/h6-8,11,14-15H,4-5,9-10,12H2,1-3H3,(H,20,22)/t14-,15+/m0/s1. The molecule has 0 spiro atoms. The van der Waals surface area contributed by atoms with Crippen molar-refractivity contribution in [2.45, 2.75) is 53.0 Å². The second-order valence-electron chi connectivity index (χ2n) is 7.15. The molecule has 1 amide bonds. The monoisotopic (exact) mass is 302 g/mol. The zero-order valence-electron chi connectivity index (χ0n) is 13.8. The van der Waals surface area contributed by atoms with Gasteiger partial charge in [0.25, 0.3) is 0 Å². The maximum atomic E-state index is 12.6. The van der Waals surface area contributed by atoms with Crippen LogP contribution >= 0.6 is 0 Å². The van der Waals surface area contributed by atoms with Crippen molar-refractivity contribution in [3.8, 4) is 0 Å². The molecule has 0 saturated heterocycles. The maximum absolute atomic E-state index is 12.6. The number of nitrogens with zero attached hydrogens (tertiary/aromatic N) is 1. The number of amides is 1. The third kappa shape index (κ3) is 4.15. The average Bonchev–Trinajstić information content (AvgIpc) is 2.52. The highest BCUT2D eigenvalue weighted by Gasteiger charge is 2.39. The summed E-state index contributed by atoms with van der Waals surface area (Å²) >= 11 is 0. The molecule has 0 aromatic carbocycles. The van der Waals surface area contributed by atoms with Gasteiger partial charge in [0.05, 0.1) is 12.2 Å². The van der Waals surface area contributed by atoms with Crippen molar-refractivity contribution >= 4 is 11.7 Å². The van der Waals surface area contributed by atoms with Crippen LogP contribution in [0.5, 0.6) is 0 Å². The van der Waals surface area contributed by atoms with Crippen LogP contribution in [0.3, 0.4) is 0 Å². The van der Waals surface area contributed by atoms with E-state index in [9.17, 15) is 9.59 Å². The first-order chi connectivity index (χ1) is 10.4. The zero-order chi connectivity index (χ0) is 16.2. The molecule has 1 aromatic rings. The third-order valence-electron chi connectivity index (χ3n) is 4.35. The van der Waals surface area contributed by atoms with Gasteiger partial charge < -0.3 is 5.32 Å². The van der Waals surface area contributed by atoms with Crippen molar-refractivity contribution in [3.63, 3.8) is 0 Å². The molecule has 120 valence electrons. The molecule has 1 N–H and O–H groups in total. The van der Waals surface area contributed by atoms with E-state index < -0.39 is 0 Å². The molecule has 0 unspecified atom stereocenters. The largest absolute Gasteiger partial charge is 0.350 e. The van der Waals surface area contributed by atoms with Crippen molar-refractivity contribution < 1.29 is 9.59 Å². The molecule has 4 heteroatoms. The number of aromatic nitrogens is 1. The highest BCUT2D eigenvalue weighted by molar-refractivity contribution is 5.91. The molecule has 1 aliphatic rings.